The molecule has 0 aliphatic rings. The maximum Gasteiger partial charge on any atom is 0.246 e. The van der Waals surface area contributed by atoms with Crippen LogP contribution in [0.2, 0.25) is 5.02 Å². The fourth-order valence-electron chi connectivity index (χ4n) is 1.95. The second-order valence-electron chi connectivity index (χ2n) is 4.96. The zero-order valence-corrected chi connectivity index (χ0v) is 13.6. The molecule has 5 nitrogen and oxygen atoms in total. The van der Waals surface area contributed by atoms with Crippen LogP contribution in [0.3, 0.4) is 0 Å². The molecule has 0 aliphatic carbocycles. The molecule has 0 fully saturated rings. The van der Waals surface area contributed by atoms with Crippen LogP contribution < -0.4 is 0 Å². The van der Waals surface area contributed by atoms with Crippen LogP contribution in [0, 0.1) is 6.92 Å². The second-order valence-corrected chi connectivity index (χ2v) is 7.23. The van der Waals surface area contributed by atoms with Gasteiger partial charge in [0.05, 0.1) is 11.6 Å². The lowest BCUT2D eigenvalue weighted by atomic mass is 10.3. The third-order valence-electron chi connectivity index (χ3n) is 3.00. The minimum absolute atomic E-state index is 0.00337. The van der Waals surface area contributed by atoms with E-state index in [9.17, 15) is 8.42 Å². The fraction of sp³-hybridized carbons (Fsp3) is 0.357. The van der Waals surface area contributed by atoms with Crippen molar-refractivity contribution in [1.82, 2.24) is 9.29 Å². The van der Waals surface area contributed by atoms with Crippen LogP contribution in [0.5, 0.6) is 0 Å². The monoisotopic (exact) mass is 328 g/mol. The number of aryl methyl sites for hydroxylation is 1. The molecule has 0 aromatic carbocycles. The van der Waals surface area contributed by atoms with E-state index in [1.165, 1.54) is 22.8 Å². The van der Waals surface area contributed by atoms with Gasteiger partial charge in [-0.1, -0.05) is 11.6 Å². The van der Waals surface area contributed by atoms with E-state index in [0.717, 1.165) is 5.76 Å². The molecule has 114 valence electrons. The Morgan fingerprint density at radius 2 is 2.05 bits per heavy atom. The Morgan fingerprint density at radius 1 is 1.33 bits per heavy atom. The smallest absolute Gasteiger partial charge is 0.246 e. The number of sulfonamides is 1. The fourth-order valence-corrected chi connectivity index (χ4v) is 3.96. The van der Waals surface area contributed by atoms with Crippen molar-refractivity contribution in [3.8, 4) is 0 Å². The molecule has 0 aliphatic heterocycles. The van der Waals surface area contributed by atoms with Gasteiger partial charge in [-0.15, -0.1) is 0 Å². The predicted molar refractivity (Wildman–Crippen MR) is 80.6 cm³/mol. The number of aromatic nitrogens is 1. The van der Waals surface area contributed by atoms with Crippen LogP contribution in [-0.4, -0.2) is 23.7 Å². The molecule has 0 N–H and O–H groups in total. The summed E-state index contributed by atoms with van der Waals surface area (Å²) in [6, 6.07) is 4.80. The van der Waals surface area contributed by atoms with Crippen LogP contribution in [0.4, 0.5) is 0 Å². The maximum absolute atomic E-state index is 12.8. The lowest BCUT2D eigenvalue weighted by molar-refractivity contribution is 0.314. The summed E-state index contributed by atoms with van der Waals surface area (Å²) in [5, 5.41) is 0.159. The van der Waals surface area contributed by atoms with E-state index in [4.69, 9.17) is 16.0 Å². The average Bonchev–Trinajstić information content (AvgIpc) is 2.81. The zero-order valence-electron chi connectivity index (χ0n) is 12.1. The van der Waals surface area contributed by atoms with E-state index < -0.39 is 10.0 Å². The molecule has 2 heterocycles. The van der Waals surface area contributed by atoms with Gasteiger partial charge in [0, 0.05) is 18.4 Å². The zero-order chi connectivity index (χ0) is 15.6. The molecular formula is C14H17ClN2O3S. The molecule has 2 aromatic rings. The van der Waals surface area contributed by atoms with Crippen molar-refractivity contribution >= 4 is 21.6 Å². The number of hydrogen-bond acceptors (Lipinski definition) is 4. The summed E-state index contributed by atoms with van der Waals surface area (Å²) in [6.45, 7) is 5.57. The predicted octanol–water partition coefficient (Wildman–Crippen LogP) is 3.24. The molecule has 0 bridgehead atoms. The minimum Gasteiger partial charge on any atom is -0.465 e. The minimum atomic E-state index is -3.74. The summed E-state index contributed by atoms with van der Waals surface area (Å²) in [4.78, 5) is 3.85. The van der Waals surface area contributed by atoms with Crippen molar-refractivity contribution in [2.75, 3.05) is 0 Å². The van der Waals surface area contributed by atoms with Crippen LogP contribution in [0.25, 0.3) is 0 Å². The summed E-state index contributed by atoms with van der Waals surface area (Å²) < 4.78 is 32.3. The van der Waals surface area contributed by atoms with Gasteiger partial charge in [-0.05, 0) is 39.0 Å². The largest absolute Gasteiger partial charge is 0.465 e. The van der Waals surface area contributed by atoms with Gasteiger partial charge >= 0.3 is 0 Å². The van der Waals surface area contributed by atoms with Crippen molar-refractivity contribution in [3.63, 3.8) is 0 Å². The third kappa shape index (κ3) is 3.45. The Labute approximate surface area is 129 Å². The van der Waals surface area contributed by atoms with E-state index >= 15 is 0 Å². The molecule has 7 heteroatoms. The number of hydrogen-bond donors (Lipinski definition) is 0. The molecule has 0 amide bonds. The van der Waals surface area contributed by atoms with Crippen LogP contribution in [0.15, 0.2) is 39.9 Å². The van der Waals surface area contributed by atoms with Crippen molar-refractivity contribution in [3.05, 3.63) is 47.1 Å². The highest BCUT2D eigenvalue weighted by Crippen LogP contribution is 2.26. The number of halogens is 1. The Balaban J connectivity index is 2.40. The summed E-state index contributed by atoms with van der Waals surface area (Å²) in [5.41, 5.74) is 0. The highest BCUT2D eigenvalue weighted by molar-refractivity contribution is 7.89. The van der Waals surface area contributed by atoms with Gasteiger partial charge in [-0.25, -0.2) is 8.42 Å². The van der Waals surface area contributed by atoms with Crippen molar-refractivity contribution in [2.45, 2.75) is 38.3 Å². The number of nitrogens with zero attached hydrogens (tertiary/aromatic N) is 2. The Bertz CT molecular complexity index is 725. The van der Waals surface area contributed by atoms with E-state index in [1.807, 2.05) is 6.92 Å². The first-order chi connectivity index (χ1) is 9.82. The molecule has 0 unspecified atom stereocenters. The standard InChI is InChI=1S/C14H17ClN2O3S/c1-10(2)17(9-12-5-4-11(3)20-12)21(18,19)14-8-16-7-6-13(14)15/h4-8,10H,9H2,1-3H3. The second kappa shape index (κ2) is 6.17. The first-order valence-electron chi connectivity index (χ1n) is 6.49. The van der Waals surface area contributed by atoms with Crippen LogP contribution in [-0.2, 0) is 16.6 Å². The molecule has 0 atom stereocenters. The maximum atomic E-state index is 12.8. The first kappa shape index (κ1) is 16.0. The van der Waals surface area contributed by atoms with Crippen molar-refractivity contribution in [1.29, 1.82) is 0 Å². The van der Waals surface area contributed by atoms with Crippen LogP contribution in [0.1, 0.15) is 25.4 Å². The van der Waals surface area contributed by atoms with Crippen molar-refractivity contribution in [2.24, 2.45) is 0 Å². The van der Waals surface area contributed by atoms with Gasteiger partial charge in [0.25, 0.3) is 0 Å². The van der Waals surface area contributed by atoms with Gasteiger partial charge in [-0.2, -0.15) is 4.31 Å². The molecule has 0 radical (unpaired) electrons. The van der Waals surface area contributed by atoms with Gasteiger partial charge < -0.3 is 4.42 Å². The highest BCUT2D eigenvalue weighted by atomic mass is 35.5. The van der Waals surface area contributed by atoms with E-state index in [1.54, 1.807) is 26.0 Å². The normalized spacial score (nSPS) is 12.3. The van der Waals surface area contributed by atoms with E-state index in [0.29, 0.717) is 5.76 Å². The third-order valence-corrected chi connectivity index (χ3v) is 5.50. The van der Waals surface area contributed by atoms with Gasteiger partial charge in [0.2, 0.25) is 10.0 Å². The molecule has 2 rings (SSSR count). The summed E-state index contributed by atoms with van der Waals surface area (Å²) >= 11 is 6.00. The average molecular weight is 329 g/mol. The molecule has 2 aromatic heterocycles. The lowest BCUT2D eigenvalue weighted by Crippen LogP contribution is -2.36. The number of rotatable bonds is 5. The molecule has 21 heavy (non-hydrogen) atoms. The topological polar surface area (TPSA) is 63.4 Å². The molecule has 0 spiro atoms. The molecule has 0 saturated heterocycles. The lowest BCUT2D eigenvalue weighted by Gasteiger charge is -2.25. The Hall–Kier alpha value is -1.37. The molecule has 0 saturated carbocycles. The summed E-state index contributed by atoms with van der Waals surface area (Å²) in [6.07, 6.45) is 2.72. The van der Waals surface area contributed by atoms with E-state index in [-0.39, 0.29) is 22.5 Å². The van der Waals surface area contributed by atoms with Gasteiger partial charge in [0.1, 0.15) is 16.4 Å². The Kier molecular flexibility index (Phi) is 4.70. The van der Waals surface area contributed by atoms with Crippen LogP contribution >= 0.6 is 11.6 Å². The summed E-state index contributed by atoms with van der Waals surface area (Å²) in [5.74, 6) is 1.33. The quantitative estimate of drug-likeness (QED) is 0.845. The first-order valence-corrected chi connectivity index (χ1v) is 8.31. The van der Waals surface area contributed by atoms with E-state index in [2.05, 4.69) is 4.98 Å². The van der Waals surface area contributed by atoms with Gasteiger partial charge in [0.15, 0.2) is 0 Å². The Morgan fingerprint density at radius 3 is 2.57 bits per heavy atom. The number of furan rings is 1. The summed E-state index contributed by atoms with van der Waals surface area (Å²) in [7, 11) is -3.74. The van der Waals surface area contributed by atoms with Gasteiger partial charge in [-0.3, -0.25) is 4.98 Å². The van der Waals surface area contributed by atoms with Crippen molar-refractivity contribution < 1.29 is 12.8 Å². The number of pyridine rings is 1. The SMILES string of the molecule is Cc1ccc(CN(C(C)C)S(=O)(=O)c2cnccc2Cl)o1. The molecular weight excluding hydrogens is 312 g/mol. The highest BCUT2D eigenvalue weighted by Gasteiger charge is 2.30.